The van der Waals surface area contributed by atoms with Crippen LogP contribution in [0.3, 0.4) is 0 Å². The summed E-state index contributed by atoms with van der Waals surface area (Å²) < 4.78 is 33.3. The average Bonchev–Trinajstić information content (AvgIpc) is 2.75. The maximum atomic E-state index is 12.8. The van der Waals surface area contributed by atoms with E-state index in [0.29, 0.717) is 6.42 Å². The summed E-state index contributed by atoms with van der Waals surface area (Å²) >= 11 is 0. The number of carbonyl (C=O) groups is 2. The van der Waals surface area contributed by atoms with Gasteiger partial charge in [0.2, 0.25) is 0 Å². The molecule has 0 aliphatic rings. The van der Waals surface area contributed by atoms with Gasteiger partial charge in [-0.2, -0.15) is 0 Å². The van der Waals surface area contributed by atoms with Gasteiger partial charge in [-0.05, 0) is 64.2 Å². The number of phosphoric ester groups is 1. The van der Waals surface area contributed by atoms with Crippen LogP contribution in [0.4, 0.5) is 0 Å². The molecule has 0 heterocycles. The van der Waals surface area contributed by atoms with Crippen molar-refractivity contribution in [2.75, 3.05) is 26.4 Å². The van der Waals surface area contributed by atoms with E-state index in [1.54, 1.807) is 0 Å². The fraction of sp³-hybridized carbons (Fsp3) is 0.929. The summed E-state index contributed by atoms with van der Waals surface area (Å²) in [6, 6.07) is 0. The lowest BCUT2D eigenvalue weighted by molar-refractivity contribution is -0.161. The maximum absolute atomic E-state index is 12.8. The van der Waals surface area contributed by atoms with Gasteiger partial charge >= 0.3 is 19.8 Å². The van der Waals surface area contributed by atoms with Crippen LogP contribution in [0.1, 0.15) is 476 Å². The molecule has 0 saturated carbocycles. The van der Waals surface area contributed by atoms with Gasteiger partial charge < -0.3 is 20.1 Å². The molecule has 10 heteroatoms. The second kappa shape index (κ2) is 81.5. The van der Waals surface area contributed by atoms with Gasteiger partial charge in [0.15, 0.2) is 6.10 Å². The van der Waals surface area contributed by atoms with Crippen molar-refractivity contribution >= 4 is 19.8 Å². The molecule has 2 unspecified atom stereocenters. The first-order chi connectivity index (χ1) is 46.8. The van der Waals surface area contributed by atoms with Crippen LogP contribution >= 0.6 is 7.82 Å². The second-order valence-electron chi connectivity index (χ2n) is 29.4. The van der Waals surface area contributed by atoms with Gasteiger partial charge in [0.25, 0.3) is 0 Å². The van der Waals surface area contributed by atoms with Gasteiger partial charge in [-0.1, -0.05) is 423 Å². The van der Waals surface area contributed by atoms with Crippen LogP contribution < -0.4 is 5.73 Å². The maximum Gasteiger partial charge on any atom is 0.472 e. The first kappa shape index (κ1) is 93.5. The highest BCUT2D eigenvalue weighted by molar-refractivity contribution is 7.47. The minimum Gasteiger partial charge on any atom is -0.462 e. The van der Waals surface area contributed by atoms with E-state index < -0.39 is 26.5 Å². The summed E-state index contributed by atoms with van der Waals surface area (Å²) in [4.78, 5) is 35.5. The van der Waals surface area contributed by atoms with Crippen LogP contribution in [0.15, 0.2) is 24.3 Å². The third kappa shape index (κ3) is 81.3. The van der Waals surface area contributed by atoms with E-state index in [1.807, 2.05) is 0 Å². The number of hydrogen-bond acceptors (Lipinski definition) is 8. The van der Waals surface area contributed by atoms with Crippen molar-refractivity contribution in [2.45, 2.75) is 482 Å². The Morgan fingerprint density at radius 1 is 0.305 bits per heavy atom. The number of ether oxygens (including phenoxy) is 2. The SMILES string of the molecule is CCCCCCCCCC/C=C\CCCCCCCCCCCCCCCCCCCCCCCCCCCCCCCC(=O)OC(COC(=O)CCCCCCCCCCCCCCCCCCCCCCC/C=C\CCCCCCCCCC)COP(=O)(O)OCCN. The van der Waals surface area contributed by atoms with Crippen molar-refractivity contribution in [1.29, 1.82) is 0 Å². The van der Waals surface area contributed by atoms with Crippen molar-refractivity contribution in [3.63, 3.8) is 0 Å². The van der Waals surface area contributed by atoms with E-state index in [4.69, 9.17) is 24.3 Å². The minimum atomic E-state index is -4.39. The molecule has 95 heavy (non-hydrogen) atoms. The van der Waals surface area contributed by atoms with Gasteiger partial charge in [0.05, 0.1) is 13.2 Å². The lowest BCUT2D eigenvalue weighted by atomic mass is 10.0. The molecule has 0 aliphatic heterocycles. The van der Waals surface area contributed by atoms with Crippen molar-refractivity contribution in [2.24, 2.45) is 5.73 Å². The van der Waals surface area contributed by atoms with E-state index in [0.717, 1.165) is 32.1 Å². The highest BCUT2D eigenvalue weighted by Gasteiger charge is 2.26. The summed E-state index contributed by atoms with van der Waals surface area (Å²) in [7, 11) is -4.39. The van der Waals surface area contributed by atoms with Crippen LogP contribution in [-0.2, 0) is 32.7 Å². The fourth-order valence-electron chi connectivity index (χ4n) is 13.5. The largest absolute Gasteiger partial charge is 0.472 e. The Kier molecular flexibility index (Phi) is 80.2. The molecular formula is C85H166NO8P. The molecule has 0 radical (unpaired) electrons. The van der Waals surface area contributed by atoms with Crippen LogP contribution in [0, 0.1) is 0 Å². The Labute approximate surface area is 592 Å². The van der Waals surface area contributed by atoms with Gasteiger partial charge in [-0.25, -0.2) is 4.57 Å². The van der Waals surface area contributed by atoms with E-state index in [9.17, 15) is 19.0 Å². The lowest BCUT2D eigenvalue weighted by Crippen LogP contribution is -2.29. The average molecular weight is 1360 g/mol. The van der Waals surface area contributed by atoms with Crippen LogP contribution in [-0.4, -0.2) is 49.3 Å². The minimum absolute atomic E-state index is 0.0576. The Hall–Kier alpha value is -1.51. The van der Waals surface area contributed by atoms with Crippen molar-refractivity contribution in [3.05, 3.63) is 24.3 Å². The van der Waals surface area contributed by atoms with Gasteiger partial charge in [-0.15, -0.1) is 0 Å². The van der Waals surface area contributed by atoms with Crippen LogP contribution in [0.2, 0.25) is 0 Å². The normalized spacial score (nSPS) is 12.8. The van der Waals surface area contributed by atoms with Gasteiger partial charge in [-0.3, -0.25) is 18.6 Å². The smallest absolute Gasteiger partial charge is 0.462 e. The topological polar surface area (TPSA) is 134 Å². The zero-order valence-corrected chi connectivity index (χ0v) is 64.9. The monoisotopic (exact) mass is 1360 g/mol. The number of rotatable bonds is 83. The summed E-state index contributed by atoms with van der Waals surface area (Å²) in [5.41, 5.74) is 5.42. The van der Waals surface area contributed by atoms with Crippen LogP contribution in [0.5, 0.6) is 0 Å². The first-order valence-electron chi connectivity index (χ1n) is 42.8. The summed E-state index contributed by atoms with van der Waals surface area (Å²) in [5.74, 6) is -0.797. The van der Waals surface area contributed by atoms with E-state index in [-0.39, 0.29) is 38.6 Å². The molecule has 2 atom stereocenters. The number of esters is 2. The first-order valence-corrected chi connectivity index (χ1v) is 44.3. The molecule has 564 valence electrons. The molecule has 0 bridgehead atoms. The fourth-order valence-corrected chi connectivity index (χ4v) is 14.2. The van der Waals surface area contributed by atoms with E-state index in [1.165, 1.54) is 411 Å². The number of carbonyl (C=O) groups excluding carboxylic acids is 2. The van der Waals surface area contributed by atoms with E-state index >= 15 is 0 Å². The van der Waals surface area contributed by atoms with Crippen LogP contribution in [0.25, 0.3) is 0 Å². The third-order valence-corrected chi connectivity index (χ3v) is 20.8. The highest BCUT2D eigenvalue weighted by Crippen LogP contribution is 2.43. The third-order valence-electron chi connectivity index (χ3n) is 19.8. The summed E-state index contributed by atoms with van der Waals surface area (Å²) in [5, 5.41) is 0. The summed E-state index contributed by atoms with van der Waals surface area (Å²) in [6.07, 6.45) is 104. The van der Waals surface area contributed by atoms with Crippen molar-refractivity contribution in [3.8, 4) is 0 Å². The Balaban J connectivity index is 3.70. The molecule has 0 fully saturated rings. The number of phosphoric acid groups is 1. The lowest BCUT2D eigenvalue weighted by Gasteiger charge is -2.19. The quantitative estimate of drug-likeness (QED) is 0.0264. The molecule has 3 N–H and O–H groups in total. The molecule has 0 aromatic rings. The molecule has 0 aliphatic carbocycles. The Morgan fingerprint density at radius 3 is 0.747 bits per heavy atom. The predicted molar refractivity (Wildman–Crippen MR) is 414 cm³/mol. The number of unbranched alkanes of at least 4 members (excludes halogenated alkanes) is 66. The van der Waals surface area contributed by atoms with Crippen molar-refractivity contribution in [1.82, 2.24) is 0 Å². The number of hydrogen-bond donors (Lipinski definition) is 2. The van der Waals surface area contributed by atoms with E-state index in [2.05, 4.69) is 38.2 Å². The molecule has 0 rings (SSSR count). The van der Waals surface area contributed by atoms with Gasteiger partial charge in [0.1, 0.15) is 6.61 Å². The number of allylic oxidation sites excluding steroid dienone is 4. The molecule has 0 amide bonds. The summed E-state index contributed by atoms with van der Waals surface area (Å²) in [6.45, 7) is 3.84. The predicted octanol–water partition coefficient (Wildman–Crippen LogP) is 28.8. The zero-order valence-electron chi connectivity index (χ0n) is 64.0. The second-order valence-corrected chi connectivity index (χ2v) is 30.9. The Bertz CT molecular complexity index is 1610. The molecule has 9 nitrogen and oxygen atoms in total. The molecule has 0 aromatic carbocycles. The molecular weight excluding hydrogens is 1190 g/mol. The molecule has 0 spiro atoms. The van der Waals surface area contributed by atoms with Crippen molar-refractivity contribution < 1.29 is 37.6 Å². The highest BCUT2D eigenvalue weighted by atomic mass is 31.2. The Morgan fingerprint density at radius 2 is 0.516 bits per heavy atom. The number of nitrogens with two attached hydrogens (primary N) is 1. The molecule has 0 saturated heterocycles. The molecule has 0 aromatic heterocycles. The zero-order chi connectivity index (χ0) is 68.6. The standard InChI is InChI=1S/C85H166NO8P/c1-3-5-7-9-11-13-15-17-19-21-23-25-27-29-31-33-35-37-38-39-40-41-42-43-44-46-48-50-52-54-56-58-60-62-64-66-68-70-72-74-76-78-85(88)94-83(82-93-95(89,90)92-80-79-86)81-91-84(87)77-75-73-71-69-67-65-63-61-59-57-55-53-51-49-47-45-36-34-32-30-28-26-24-22-20-18-16-14-12-10-8-6-4-2/h21-24,83H,3-20,25-82,86H2,1-2H3,(H,89,90)/b23-21-,24-22-. The van der Waals surface area contributed by atoms with Gasteiger partial charge in [0, 0.05) is 19.4 Å².